The van der Waals surface area contributed by atoms with Gasteiger partial charge >= 0.3 is 0 Å². The van der Waals surface area contributed by atoms with Crippen molar-refractivity contribution in [3.8, 4) is 11.3 Å². The Kier molecular flexibility index (Phi) is 5.73. The highest BCUT2D eigenvalue weighted by atomic mass is 14.9. The molecule has 0 N–H and O–H groups in total. The maximum atomic E-state index is 2.48. The molecule has 0 spiro atoms. The van der Waals surface area contributed by atoms with Gasteiger partial charge in [-0.15, -0.1) is 0 Å². The van der Waals surface area contributed by atoms with Gasteiger partial charge < -0.3 is 0 Å². The van der Waals surface area contributed by atoms with Crippen molar-refractivity contribution in [2.45, 2.75) is 73.6 Å². The van der Waals surface area contributed by atoms with Crippen LogP contribution in [0.25, 0.3) is 43.6 Å². The van der Waals surface area contributed by atoms with Crippen LogP contribution in [0.1, 0.15) is 75.1 Å². The van der Waals surface area contributed by atoms with Crippen molar-refractivity contribution in [2.24, 2.45) is 17.9 Å². The Morgan fingerprint density at radius 3 is 2.03 bits per heavy atom. The Bertz CT molecular complexity index is 1720. The molecule has 1 aromatic heterocycles. The zero-order valence-corrected chi connectivity index (χ0v) is 24.5. The van der Waals surface area contributed by atoms with Gasteiger partial charge in [-0.05, 0) is 107 Å². The van der Waals surface area contributed by atoms with Gasteiger partial charge in [0.25, 0.3) is 0 Å². The quantitative estimate of drug-likeness (QED) is 0.168. The maximum Gasteiger partial charge on any atom is 0.220 e. The van der Waals surface area contributed by atoms with E-state index in [0.717, 1.165) is 0 Å². The number of benzene rings is 4. The van der Waals surface area contributed by atoms with Crippen LogP contribution in [0, 0.1) is 31.6 Å². The van der Waals surface area contributed by atoms with Gasteiger partial charge in [0, 0.05) is 11.5 Å². The molecule has 1 aliphatic carbocycles. The average molecular weight is 501 g/mol. The van der Waals surface area contributed by atoms with Crippen molar-refractivity contribution < 1.29 is 4.57 Å². The summed E-state index contributed by atoms with van der Waals surface area (Å²) in [6.07, 6.45) is 6.09. The molecular formula is C37H42N+. The predicted octanol–water partition coefficient (Wildman–Crippen LogP) is 9.88. The fourth-order valence-corrected chi connectivity index (χ4v) is 7.98. The molecule has 1 nitrogen and oxygen atoms in total. The summed E-state index contributed by atoms with van der Waals surface area (Å²) in [5.41, 5.74) is 8.95. The van der Waals surface area contributed by atoms with Crippen LogP contribution in [0.15, 0.2) is 66.9 Å². The molecule has 6 rings (SSSR count). The summed E-state index contributed by atoms with van der Waals surface area (Å²) in [7, 11) is 2.17. The minimum Gasteiger partial charge on any atom is -0.200 e. The van der Waals surface area contributed by atoms with Crippen LogP contribution in [0.4, 0.5) is 0 Å². The molecule has 0 saturated heterocycles. The van der Waals surface area contributed by atoms with Gasteiger partial charge in [0.1, 0.15) is 7.05 Å². The van der Waals surface area contributed by atoms with Gasteiger partial charge in [-0.3, -0.25) is 0 Å². The second-order valence-electron chi connectivity index (χ2n) is 13.8. The molecule has 0 aliphatic heterocycles. The Labute approximate surface area is 228 Å². The molecule has 38 heavy (non-hydrogen) atoms. The third-order valence-corrected chi connectivity index (χ3v) is 9.25. The summed E-state index contributed by atoms with van der Waals surface area (Å²) in [5, 5.41) is 8.06. The lowest BCUT2D eigenvalue weighted by atomic mass is 9.60. The Morgan fingerprint density at radius 1 is 0.684 bits per heavy atom. The number of aromatic nitrogens is 1. The molecule has 0 amide bonds. The first-order valence-corrected chi connectivity index (χ1v) is 14.3. The third kappa shape index (κ3) is 4.21. The van der Waals surface area contributed by atoms with Gasteiger partial charge in [-0.25, -0.2) is 4.57 Å². The van der Waals surface area contributed by atoms with Crippen LogP contribution in [0.2, 0.25) is 0 Å². The zero-order chi connectivity index (χ0) is 27.0. The summed E-state index contributed by atoms with van der Waals surface area (Å²) in [5.74, 6) is 0.633. The fraction of sp³-hybridized carbons (Fsp3) is 0.378. The predicted molar refractivity (Wildman–Crippen MR) is 164 cm³/mol. The minimum absolute atomic E-state index is 0.395. The van der Waals surface area contributed by atoms with E-state index in [4.69, 9.17) is 0 Å². The second-order valence-corrected chi connectivity index (χ2v) is 13.8. The first kappa shape index (κ1) is 25.1. The van der Waals surface area contributed by atoms with Crippen LogP contribution in [-0.4, -0.2) is 0 Å². The first-order chi connectivity index (χ1) is 17.9. The Morgan fingerprint density at radius 2 is 1.29 bits per heavy atom. The summed E-state index contributed by atoms with van der Waals surface area (Å²) in [6, 6.07) is 23.6. The van der Waals surface area contributed by atoms with E-state index in [1.165, 1.54) is 85.1 Å². The molecule has 1 saturated carbocycles. The molecule has 0 radical (unpaired) electrons. The van der Waals surface area contributed by atoms with Crippen molar-refractivity contribution >= 4 is 32.3 Å². The molecule has 1 heterocycles. The van der Waals surface area contributed by atoms with E-state index >= 15 is 0 Å². The lowest BCUT2D eigenvalue weighted by molar-refractivity contribution is -0.659. The Balaban J connectivity index is 1.51. The van der Waals surface area contributed by atoms with Gasteiger partial charge in [0.15, 0.2) is 6.20 Å². The highest BCUT2D eigenvalue weighted by Gasteiger charge is 2.38. The SMILES string of the molecule is Cc1cc(C)c(C)c(-c2c3ccc4c5ccc(C6CC(C)(C)CC(C)(C)C6)cc5ccc4c3cc[n+]2C)c1. The van der Waals surface area contributed by atoms with E-state index in [9.17, 15) is 0 Å². The topological polar surface area (TPSA) is 3.88 Å². The molecule has 0 unspecified atom stereocenters. The first-order valence-electron chi connectivity index (χ1n) is 14.3. The normalized spacial score (nSPS) is 17.5. The number of pyridine rings is 1. The molecule has 1 heteroatoms. The largest absolute Gasteiger partial charge is 0.220 e. The van der Waals surface area contributed by atoms with Crippen LogP contribution < -0.4 is 4.57 Å². The van der Waals surface area contributed by atoms with Crippen molar-refractivity contribution in [1.82, 2.24) is 0 Å². The number of fused-ring (bicyclic) bond motifs is 5. The highest BCUT2D eigenvalue weighted by molar-refractivity contribution is 6.18. The zero-order valence-electron chi connectivity index (χ0n) is 24.5. The molecule has 4 aromatic carbocycles. The lowest BCUT2D eigenvalue weighted by Crippen LogP contribution is -2.32. The van der Waals surface area contributed by atoms with E-state index in [2.05, 4.69) is 127 Å². The molecule has 194 valence electrons. The van der Waals surface area contributed by atoms with E-state index in [-0.39, 0.29) is 0 Å². The van der Waals surface area contributed by atoms with Crippen molar-refractivity contribution in [3.63, 3.8) is 0 Å². The van der Waals surface area contributed by atoms with Crippen LogP contribution in [-0.2, 0) is 7.05 Å². The van der Waals surface area contributed by atoms with E-state index < -0.39 is 0 Å². The number of hydrogen-bond donors (Lipinski definition) is 0. The van der Waals surface area contributed by atoms with E-state index in [0.29, 0.717) is 16.7 Å². The smallest absolute Gasteiger partial charge is 0.200 e. The highest BCUT2D eigenvalue weighted by Crippen LogP contribution is 2.52. The average Bonchev–Trinajstić information content (AvgIpc) is 2.83. The van der Waals surface area contributed by atoms with E-state index in [1.54, 1.807) is 0 Å². The molecule has 0 bridgehead atoms. The Hall–Kier alpha value is -3.19. The standard InChI is InChI=1S/C37H42N/c1-23-17-24(2)25(3)34(18-23)35-33-14-13-30-29-11-9-26(28-20-36(4,5)22-37(6,7)21-28)19-27(29)10-12-31(30)32(33)15-16-38(35)8/h9-19,28H,20-22H2,1-8H3/q+1. The van der Waals surface area contributed by atoms with Gasteiger partial charge in [0.2, 0.25) is 5.69 Å². The van der Waals surface area contributed by atoms with Crippen molar-refractivity contribution in [2.75, 3.05) is 0 Å². The third-order valence-electron chi connectivity index (χ3n) is 9.25. The molecule has 0 atom stereocenters. The van der Waals surface area contributed by atoms with Crippen molar-refractivity contribution in [3.05, 3.63) is 89.1 Å². The maximum absolute atomic E-state index is 2.48. The summed E-state index contributed by atoms with van der Waals surface area (Å²) >= 11 is 0. The van der Waals surface area contributed by atoms with Gasteiger partial charge in [-0.2, -0.15) is 0 Å². The van der Waals surface area contributed by atoms with Crippen LogP contribution >= 0.6 is 0 Å². The molecule has 1 fully saturated rings. The molecular weight excluding hydrogens is 458 g/mol. The summed E-state index contributed by atoms with van der Waals surface area (Å²) in [4.78, 5) is 0. The summed E-state index contributed by atoms with van der Waals surface area (Å²) < 4.78 is 2.29. The second kappa shape index (κ2) is 8.67. The van der Waals surface area contributed by atoms with Crippen LogP contribution in [0.3, 0.4) is 0 Å². The van der Waals surface area contributed by atoms with Crippen molar-refractivity contribution in [1.29, 1.82) is 0 Å². The number of hydrogen-bond acceptors (Lipinski definition) is 0. The number of nitrogens with zero attached hydrogens (tertiary/aromatic N) is 1. The summed E-state index contributed by atoms with van der Waals surface area (Å²) in [6.45, 7) is 16.5. The monoisotopic (exact) mass is 500 g/mol. The van der Waals surface area contributed by atoms with Gasteiger partial charge in [-0.1, -0.05) is 75.7 Å². The molecule has 5 aromatic rings. The van der Waals surface area contributed by atoms with Gasteiger partial charge in [0.05, 0.1) is 10.9 Å². The fourth-order valence-electron chi connectivity index (χ4n) is 7.98. The number of aryl methyl sites for hydroxylation is 3. The lowest BCUT2D eigenvalue weighted by Gasteiger charge is -2.45. The number of rotatable bonds is 2. The van der Waals surface area contributed by atoms with E-state index in [1.807, 2.05) is 0 Å². The van der Waals surface area contributed by atoms with Crippen LogP contribution in [0.5, 0.6) is 0 Å². The molecule has 1 aliphatic rings. The minimum atomic E-state index is 0.395.